The number of hydrogen-bond donors (Lipinski definition) is 1. The Kier molecular flexibility index (Phi) is 6.05. The monoisotopic (exact) mass is 257 g/mol. The molecule has 17 heavy (non-hydrogen) atoms. The number of hydrogen-bond acceptors (Lipinski definition) is 4. The van der Waals surface area contributed by atoms with E-state index in [0.717, 1.165) is 19.4 Å². The molecule has 0 amide bonds. The third-order valence-electron chi connectivity index (χ3n) is 2.33. The number of nitrogens with zero attached hydrogens (tertiary/aromatic N) is 2. The van der Waals surface area contributed by atoms with E-state index in [1.165, 1.54) is 0 Å². The van der Waals surface area contributed by atoms with Gasteiger partial charge < -0.3 is 10.1 Å². The molecule has 96 valence electrons. The van der Waals surface area contributed by atoms with Crippen molar-refractivity contribution in [3.63, 3.8) is 0 Å². The molecule has 0 saturated carbocycles. The lowest BCUT2D eigenvalue weighted by Crippen LogP contribution is -2.10. The zero-order valence-corrected chi connectivity index (χ0v) is 11.4. The van der Waals surface area contributed by atoms with Crippen LogP contribution in [-0.4, -0.2) is 23.1 Å². The van der Waals surface area contributed by atoms with E-state index in [-0.39, 0.29) is 0 Å². The van der Waals surface area contributed by atoms with E-state index < -0.39 is 0 Å². The first-order valence-electron chi connectivity index (χ1n) is 6.06. The molecule has 0 aliphatic carbocycles. The maximum absolute atomic E-state index is 5.98. The molecule has 0 aliphatic heterocycles. The number of anilines is 1. The Bertz CT molecular complexity index is 347. The van der Waals surface area contributed by atoms with Crippen LogP contribution < -0.4 is 10.1 Å². The van der Waals surface area contributed by atoms with Gasteiger partial charge in [0.05, 0.1) is 12.8 Å². The smallest absolute Gasteiger partial charge is 0.237 e. The molecule has 0 spiro atoms. The van der Waals surface area contributed by atoms with Gasteiger partial charge in [-0.25, -0.2) is 4.98 Å². The largest absolute Gasteiger partial charge is 0.476 e. The van der Waals surface area contributed by atoms with Crippen LogP contribution in [0.5, 0.6) is 5.88 Å². The fourth-order valence-electron chi connectivity index (χ4n) is 1.49. The molecule has 0 aliphatic rings. The van der Waals surface area contributed by atoms with Gasteiger partial charge in [-0.05, 0) is 19.3 Å². The Morgan fingerprint density at radius 1 is 1.47 bits per heavy atom. The summed E-state index contributed by atoms with van der Waals surface area (Å²) in [6.07, 6.45) is 3.86. The van der Waals surface area contributed by atoms with E-state index in [4.69, 9.17) is 16.3 Å². The Morgan fingerprint density at radius 2 is 2.24 bits per heavy atom. The molecule has 0 bridgehead atoms. The summed E-state index contributed by atoms with van der Waals surface area (Å²) in [7, 11) is 0. The summed E-state index contributed by atoms with van der Waals surface area (Å²) in [5.74, 6) is 1.52. The van der Waals surface area contributed by atoms with Crippen LogP contribution in [0.1, 0.15) is 33.6 Å². The molecule has 0 aromatic carbocycles. The molecule has 0 saturated heterocycles. The van der Waals surface area contributed by atoms with Gasteiger partial charge in [0, 0.05) is 6.54 Å². The lowest BCUT2D eigenvalue weighted by Gasteiger charge is -2.12. The highest BCUT2D eigenvalue weighted by Gasteiger charge is 2.08. The molecule has 0 radical (unpaired) electrons. The number of rotatable bonds is 7. The van der Waals surface area contributed by atoms with Gasteiger partial charge in [0.15, 0.2) is 0 Å². The van der Waals surface area contributed by atoms with Gasteiger partial charge in [-0.1, -0.05) is 31.9 Å². The number of ether oxygens (including phenoxy) is 1. The number of aromatic nitrogens is 2. The van der Waals surface area contributed by atoms with Crippen LogP contribution in [0.4, 0.5) is 5.95 Å². The van der Waals surface area contributed by atoms with Crippen LogP contribution in [0.15, 0.2) is 6.20 Å². The fraction of sp³-hybridized carbons (Fsp3) is 0.667. The van der Waals surface area contributed by atoms with Gasteiger partial charge in [-0.2, -0.15) is 4.98 Å². The quantitative estimate of drug-likeness (QED) is 0.814. The molecule has 1 unspecified atom stereocenters. The highest BCUT2D eigenvalue weighted by atomic mass is 35.5. The summed E-state index contributed by atoms with van der Waals surface area (Å²) in [5.41, 5.74) is 0. The second-order valence-corrected chi connectivity index (χ2v) is 4.49. The van der Waals surface area contributed by atoms with Gasteiger partial charge >= 0.3 is 0 Å². The van der Waals surface area contributed by atoms with Gasteiger partial charge in [0.25, 0.3) is 0 Å². The summed E-state index contributed by atoms with van der Waals surface area (Å²) >= 11 is 5.98. The van der Waals surface area contributed by atoms with Crippen LogP contribution in [0.2, 0.25) is 5.02 Å². The third kappa shape index (κ3) is 4.77. The van der Waals surface area contributed by atoms with Crippen LogP contribution in [0.3, 0.4) is 0 Å². The zero-order chi connectivity index (χ0) is 12.7. The summed E-state index contributed by atoms with van der Waals surface area (Å²) in [5, 5.41) is 3.48. The van der Waals surface area contributed by atoms with Crippen molar-refractivity contribution in [2.45, 2.75) is 33.6 Å². The molecule has 0 fully saturated rings. The molecule has 1 atom stereocenters. The van der Waals surface area contributed by atoms with Crippen LogP contribution in [0, 0.1) is 5.92 Å². The Morgan fingerprint density at radius 3 is 2.88 bits per heavy atom. The maximum atomic E-state index is 5.98. The average molecular weight is 258 g/mol. The van der Waals surface area contributed by atoms with E-state index >= 15 is 0 Å². The second-order valence-electron chi connectivity index (χ2n) is 4.08. The minimum atomic E-state index is 0.454. The Labute approximate surface area is 108 Å². The summed E-state index contributed by atoms with van der Waals surface area (Å²) in [4.78, 5) is 8.28. The SMILES string of the molecule is CCCC(C)COc1nc(NCC)ncc1Cl. The summed E-state index contributed by atoms with van der Waals surface area (Å²) in [6, 6.07) is 0. The van der Waals surface area contributed by atoms with Crippen LogP contribution >= 0.6 is 11.6 Å². The normalized spacial score (nSPS) is 12.2. The van der Waals surface area contributed by atoms with Gasteiger partial charge in [-0.15, -0.1) is 0 Å². The molecule has 1 aromatic heterocycles. The van der Waals surface area contributed by atoms with Crippen LogP contribution in [-0.2, 0) is 0 Å². The Hall–Kier alpha value is -1.03. The van der Waals surface area contributed by atoms with Gasteiger partial charge in [0.1, 0.15) is 5.02 Å². The standard InChI is InChI=1S/C12H20ClN3O/c1-4-6-9(3)8-17-11-10(13)7-15-12(16-11)14-5-2/h7,9H,4-6,8H2,1-3H3,(H,14,15,16). The first kappa shape index (κ1) is 14.0. The first-order valence-corrected chi connectivity index (χ1v) is 6.44. The van der Waals surface area contributed by atoms with Crippen molar-refractivity contribution in [3.05, 3.63) is 11.2 Å². The van der Waals surface area contributed by atoms with Gasteiger partial charge in [-0.3, -0.25) is 0 Å². The van der Waals surface area contributed by atoms with Crippen molar-refractivity contribution in [1.29, 1.82) is 0 Å². The van der Waals surface area contributed by atoms with Gasteiger partial charge in [0.2, 0.25) is 11.8 Å². The van der Waals surface area contributed by atoms with E-state index in [0.29, 0.717) is 29.4 Å². The van der Waals surface area contributed by atoms with Crippen LogP contribution in [0.25, 0.3) is 0 Å². The highest BCUT2D eigenvalue weighted by Crippen LogP contribution is 2.22. The van der Waals surface area contributed by atoms with E-state index in [9.17, 15) is 0 Å². The number of halogens is 1. The van der Waals surface area contributed by atoms with E-state index in [1.807, 2.05) is 6.92 Å². The first-order chi connectivity index (χ1) is 8.17. The maximum Gasteiger partial charge on any atom is 0.237 e. The van der Waals surface area contributed by atoms with Crippen molar-refractivity contribution >= 4 is 17.5 Å². The summed E-state index contributed by atoms with van der Waals surface area (Å²) in [6.45, 7) is 7.71. The van der Waals surface area contributed by atoms with Crippen molar-refractivity contribution in [2.24, 2.45) is 5.92 Å². The zero-order valence-electron chi connectivity index (χ0n) is 10.7. The van der Waals surface area contributed by atoms with Crippen molar-refractivity contribution < 1.29 is 4.74 Å². The lowest BCUT2D eigenvalue weighted by atomic mass is 10.1. The highest BCUT2D eigenvalue weighted by molar-refractivity contribution is 6.31. The fourth-order valence-corrected chi connectivity index (χ4v) is 1.64. The van der Waals surface area contributed by atoms with E-state index in [2.05, 4.69) is 29.1 Å². The summed E-state index contributed by atoms with van der Waals surface area (Å²) < 4.78 is 5.62. The Balaban J connectivity index is 2.59. The third-order valence-corrected chi connectivity index (χ3v) is 2.59. The van der Waals surface area contributed by atoms with Crippen molar-refractivity contribution in [3.8, 4) is 5.88 Å². The molecule has 4 nitrogen and oxygen atoms in total. The molecular weight excluding hydrogens is 238 g/mol. The minimum Gasteiger partial charge on any atom is -0.476 e. The predicted molar refractivity (Wildman–Crippen MR) is 70.8 cm³/mol. The molecule has 1 rings (SSSR count). The predicted octanol–water partition coefficient (Wildman–Crippen LogP) is 3.38. The molecule has 1 heterocycles. The van der Waals surface area contributed by atoms with E-state index in [1.54, 1.807) is 6.20 Å². The second kappa shape index (κ2) is 7.33. The molecule has 1 N–H and O–H groups in total. The van der Waals surface area contributed by atoms with Crippen molar-refractivity contribution in [2.75, 3.05) is 18.5 Å². The molecule has 5 heteroatoms. The molecule has 1 aromatic rings. The molecular formula is C12H20ClN3O. The number of nitrogens with one attached hydrogen (secondary N) is 1. The topological polar surface area (TPSA) is 47.0 Å². The minimum absolute atomic E-state index is 0.454. The lowest BCUT2D eigenvalue weighted by molar-refractivity contribution is 0.243. The average Bonchev–Trinajstić information content (AvgIpc) is 2.30. The van der Waals surface area contributed by atoms with Crippen molar-refractivity contribution in [1.82, 2.24) is 9.97 Å².